The lowest BCUT2D eigenvalue weighted by Gasteiger charge is -2.28. The molecule has 3 rings (SSSR count). The lowest BCUT2D eigenvalue weighted by atomic mass is 9.81. The number of sulfonamides is 1. The smallest absolute Gasteiger partial charge is 0.240 e. The second-order valence-corrected chi connectivity index (χ2v) is 9.80. The van der Waals surface area contributed by atoms with Crippen LogP contribution in [0.15, 0.2) is 46.9 Å². The zero-order valence-corrected chi connectivity index (χ0v) is 17.3. The first-order valence-corrected chi connectivity index (χ1v) is 12.0. The van der Waals surface area contributed by atoms with E-state index in [1.165, 1.54) is 31.3 Å². The van der Waals surface area contributed by atoms with Gasteiger partial charge >= 0.3 is 0 Å². The number of amides is 1. The third-order valence-electron chi connectivity index (χ3n) is 5.96. The fraction of sp³-hybridized carbons (Fsp3) is 0.591. The molecule has 1 saturated carbocycles. The number of rotatable bonds is 8. The van der Waals surface area contributed by atoms with Crippen LogP contribution >= 0.6 is 0 Å². The van der Waals surface area contributed by atoms with E-state index in [1.54, 1.807) is 30.3 Å². The van der Waals surface area contributed by atoms with Crippen LogP contribution in [0.25, 0.3) is 0 Å². The monoisotopic (exact) mass is 404 g/mol. The Morgan fingerprint density at radius 3 is 2.46 bits per heavy atom. The van der Waals surface area contributed by atoms with E-state index in [0.717, 1.165) is 38.6 Å². The molecule has 1 aromatic rings. The van der Waals surface area contributed by atoms with Crippen LogP contribution in [0, 0.1) is 11.8 Å². The highest BCUT2D eigenvalue weighted by molar-refractivity contribution is 7.89. The number of hydrogen-bond acceptors (Lipinski definition) is 3. The van der Waals surface area contributed by atoms with Crippen LogP contribution in [0.4, 0.5) is 0 Å². The van der Waals surface area contributed by atoms with Gasteiger partial charge < -0.3 is 5.32 Å². The first kappa shape index (κ1) is 21.1. The van der Waals surface area contributed by atoms with E-state index in [4.69, 9.17) is 0 Å². The summed E-state index contributed by atoms with van der Waals surface area (Å²) in [6.45, 7) is 1.18. The molecule has 0 spiro atoms. The summed E-state index contributed by atoms with van der Waals surface area (Å²) in [4.78, 5) is 12.7. The molecule has 0 bridgehead atoms. The standard InChI is InChI=1S/C22H32N2O3S/c25-22(23-16-15-18-7-3-1-4-8-18)20-13-11-19(12-14-20)17-24-28(26,27)21-9-5-2-6-10-21/h2,5-7,9-10,19-20,24H,1,3-4,8,11-17H2,(H,23,25). The van der Waals surface area contributed by atoms with E-state index in [1.807, 2.05) is 0 Å². The highest BCUT2D eigenvalue weighted by Crippen LogP contribution is 2.29. The van der Waals surface area contributed by atoms with Gasteiger partial charge in [-0.1, -0.05) is 29.8 Å². The van der Waals surface area contributed by atoms with Crippen molar-refractivity contribution >= 4 is 15.9 Å². The van der Waals surface area contributed by atoms with Crippen molar-refractivity contribution in [2.75, 3.05) is 13.1 Å². The van der Waals surface area contributed by atoms with Crippen molar-refractivity contribution in [2.24, 2.45) is 11.8 Å². The number of benzene rings is 1. The maximum absolute atomic E-state index is 12.4. The van der Waals surface area contributed by atoms with E-state index >= 15 is 0 Å². The molecule has 0 atom stereocenters. The van der Waals surface area contributed by atoms with Gasteiger partial charge in [-0.3, -0.25) is 4.79 Å². The molecule has 2 aliphatic carbocycles. The average molecular weight is 405 g/mol. The third-order valence-corrected chi connectivity index (χ3v) is 7.40. The number of carbonyl (C=O) groups is 1. The fourth-order valence-electron chi connectivity index (χ4n) is 4.16. The van der Waals surface area contributed by atoms with Gasteiger partial charge in [0.1, 0.15) is 0 Å². The Hall–Kier alpha value is -1.66. The van der Waals surface area contributed by atoms with E-state index in [9.17, 15) is 13.2 Å². The zero-order chi connectivity index (χ0) is 19.8. The van der Waals surface area contributed by atoms with E-state index in [-0.39, 0.29) is 11.8 Å². The van der Waals surface area contributed by atoms with Gasteiger partial charge in [0.2, 0.25) is 15.9 Å². The molecule has 0 aliphatic heterocycles. The van der Waals surface area contributed by atoms with Crippen LogP contribution < -0.4 is 10.0 Å². The summed E-state index contributed by atoms with van der Waals surface area (Å²) >= 11 is 0. The number of nitrogens with one attached hydrogen (secondary N) is 2. The zero-order valence-electron chi connectivity index (χ0n) is 16.5. The Kier molecular flexibility index (Phi) is 7.68. The minimum Gasteiger partial charge on any atom is -0.356 e. The quantitative estimate of drug-likeness (QED) is 0.648. The van der Waals surface area contributed by atoms with E-state index in [0.29, 0.717) is 17.4 Å². The Bertz CT molecular complexity index is 766. The lowest BCUT2D eigenvalue weighted by molar-refractivity contribution is -0.126. The topological polar surface area (TPSA) is 75.3 Å². The van der Waals surface area contributed by atoms with E-state index in [2.05, 4.69) is 16.1 Å². The van der Waals surface area contributed by atoms with Gasteiger partial charge in [-0.2, -0.15) is 0 Å². The molecule has 0 aromatic heterocycles. The van der Waals surface area contributed by atoms with Crippen molar-refractivity contribution in [1.82, 2.24) is 10.0 Å². The summed E-state index contributed by atoms with van der Waals surface area (Å²) in [6.07, 6.45) is 11.7. The molecule has 28 heavy (non-hydrogen) atoms. The van der Waals surface area contributed by atoms with Crippen LogP contribution in [-0.2, 0) is 14.8 Å². The van der Waals surface area contributed by atoms with Crippen molar-refractivity contribution in [3.05, 3.63) is 42.0 Å². The van der Waals surface area contributed by atoms with Gasteiger partial charge in [0.25, 0.3) is 0 Å². The Balaban J connectivity index is 1.36. The first-order valence-electron chi connectivity index (χ1n) is 10.5. The summed E-state index contributed by atoms with van der Waals surface area (Å²) in [5.74, 6) is 0.539. The highest BCUT2D eigenvalue weighted by atomic mass is 32.2. The van der Waals surface area contributed by atoms with Crippen molar-refractivity contribution in [2.45, 2.75) is 62.7 Å². The summed E-state index contributed by atoms with van der Waals surface area (Å²) in [6, 6.07) is 8.46. The maximum atomic E-state index is 12.4. The molecule has 0 heterocycles. The minimum atomic E-state index is -3.45. The van der Waals surface area contributed by atoms with Gasteiger partial charge in [0.15, 0.2) is 0 Å². The van der Waals surface area contributed by atoms with Gasteiger partial charge in [0, 0.05) is 19.0 Å². The van der Waals surface area contributed by atoms with Crippen molar-refractivity contribution in [3.8, 4) is 0 Å². The van der Waals surface area contributed by atoms with Gasteiger partial charge in [-0.05, 0) is 75.8 Å². The van der Waals surface area contributed by atoms with Crippen LogP contribution in [0.3, 0.4) is 0 Å². The lowest BCUT2D eigenvalue weighted by Crippen LogP contribution is -2.36. The van der Waals surface area contributed by atoms with Crippen molar-refractivity contribution in [1.29, 1.82) is 0 Å². The average Bonchev–Trinajstić information content (AvgIpc) is 2.74. The van der Waals surface area contributed by atoms with Crippen LogP contribution in [0.2, 0.25) is 0 Å². The van der Waals surface area contributed by atoms with Crippen molar-refractivity contribution < 1.29 is 13.2 Å². The molecule has 2 N–H and O–H groups in total. The molecule has 2 aliphatic rings. The predicted molar refractivity (Wildman–Crippen MR) is 111 cm³/mol. The number of allylic oxidation sites excluding steroid dienone is 1. The van der Waals surface area contributed by atoms with Gasteiger partial charge in [-0.15, -0.1) is 0 Å². The second-order valence-electron chi connectivity index (χ2n) is 8.03. The minimum absolute atomic E-state index is 0.0716. The Labute approximate surface area is 169 Å². The highest BCUT2D eigenvalue weighted by Gasteiger charge is 2.27. The molecular formula is C22H32N2O3S. The maximum Gasteiger partial charge on any atom is 0.240 e. The SMILES string of the molecule is O=C(NCCC1=CCCCC1)C1CCC(CNS(=O)(=O)c2ccccc2)CC1. The Morgan fingerprint density at radius 1 is 1.04 bits per heavy atom. The molecule has 0 saturated heterocycles. The van der Waals surface area contributed by atoms with E-state index < -0.39 is 10.0 Å². The van der Waals surface area contributed by atoms with Gasteiger partial charge in [-0.25, -0.2) is 13.1 Å². The summed E-state index contributed by atoms with van der Waals surface area (Å²) in [5.41, 5.74) is 1.49. The largest absolute Gasteiger partial charge is 0.356 e. The van der Waals surface area contributed by atoms with Crippen LogP contribution in [0.1, 0.15) is 57.8 Å². The first-order chi connectivity index (χ1) is 13.5. The molecule has 1 amide bonds. The molecule has 0 unspecified atom stereocenters. The Morgan fingerprint density at radius 2 is 1.79 bits per heavy atom. The fourth-order valence-corrected chi connectivity index (χ4v) is 5.30. The molecular weight excluding hydrogens is 372 g/mol. The van der Waals surface area contributed by atoms with Crippen LogP contribution in [-0.4, -0.2) is 27.4 Å². The predicted octanol–water partition coefficient (Wildman–Crippen LogP) is 3.78. The normalized spacial score (nSPS) is 23.1. The molecule has 0 radical (unpaired) electrons. The summed E-state index contributed by atoms with van der Waals surface area (Å²) in [5, 5.41) is 3.10. The third kappa shape index (κ3) is 6.17. The molecule has 154 valence electrons. The number of hydrogen-bond donors (Lipinski definition) is 2. The molecule has 5 nitrogen and oxygen atoms in total. The number of carbonyl (C=O) groups excluding carboxylic acids is 1. The molecule has 1 aromatic carbocycles. The van der Waals surface area contributed by atoms with Crippen LogP contribution in [0.5, 0.6) is 0 Å². The summed E-state index contributed by atoms with van der Waals surface area (Å²) in [7, 11) is -3.45. The van der Waals surface area contributed by atoms with Gasteiger partial charge in [0.05, 0.1) is 4.90 Å². The molecule has 6 heteroatoms. The molecule has 1 fully saturated rings. The summed E-state index contributed by atoms with van der Waals surface area (Å²) < 4.78 is 27.4. The van der Waals surface area contributed by atoms with Crippen molar-refractivity contribution in [3.63, 3.8) is 0 Å². The second kappa shape index (κ2) is 10.2.